The molecular formula is C17H19N3O4S. The van der Waals surface area contributed by atoms with Crippen molar-refractivity contribution in [2.45, 2.75) is 6.92 Å². The van der Waals surface area contributed by atoms with Crippen LogP contribution in [0.15, 0.2) is 29.8 Å². The summed E-state index contributed by atoms with van der Waals surface area (Å²) in [6.45, 7) is 2.89. The lowest BCUT2D eigenvalue weighted by atomic mass is 10.1. The predicted octanol–water partition coefficient (Wildman–Crippen LogP) is 2.37. The SMILES string of the molecule is Cc1ccccc1Nc1scnc1C(=O)N1CCOCC(C(=O)O)C1. The summed E-state index contributed by atoms with van der Waals surface area (Å²) < 4.78 is 5.30. The molecule has 1 amide bonds. The molecule has 8 heteroatoms. The fraction of sp³-hybridized carbons (Fsp3) is 0.353. The number of ether oxygens (including phenoxy) is 1. The maximum atomic E-state index is 12.9. The molecule has 1 unspecified atom stereocenters. The van der Waals surface area contributed by atoms with Crippen molar-refractivity contribution in [1.82, 2.24) is 9.88 Å². The van der Waals surface area contributed by atoms with Gasteiger partial charge in [0.15, 0.2) is 5.69 Å². The van der Waals surface area contributed by atoms with Crippen LogP contribution >= 0.6 is 11.3 Å². The van der Waals surface area contributed by atoms with Crippen LogP contribution in [0.1, 0.15) is 16.1 Å². The fourth-order valence-corrected chi connectivity index (χ4v) is 3.30. The van der Waals surface area contributed by atoms with Crippen LogP contribution in [0.2, 0.25) is 0 Å². The molecule has 132 valence electrons. The lowest BCUT2D eigenvalue weighted by Crippen LogP contribution is -2.38. The van der Waals surface area contributed by atoms with E-state index in [1.54, 1.807) is 5.51 Å². The first-order valence-electron chi connectivity index (χ1n) is 7.92. The molecule has 1 atom stereocenters. The molecule has 7 nitrogen and oxygen atoms in total. The van der Waals surface area contributed by atoms with Gasteiger partial charge in [0.05, 0.1) is 24.6 Å². The Morgan fingerprint density at radius 3 is 2.96 bits per heavy atom. The third-order valence-corrected chi connectivity index (χ3v) is 4.81. The summed E-state index contributed by atoms with van der Waals surface area (Å²) in [4.78, 5) is 29.8. The number of carboxylic acid groups (broad SMARTS) is 1. The van der Waals surface area contributed by atoms with Gasteiger partial charge in [-0.2, -0.15) is 0 Å². The smallest absolute Gasteiger partial charge is 0.310 e. The number of rotatable bonds is 4. The minimum absolute atomic E-state index is 0.116. The summed E-state index contributed by atoms with van der Waals surface area (Å²) >= 11 is 1.34. The number of thiazole rings is 1. The Kier molecular flexibility index (Phi) is 5.30. The van der Waals surface area contributed by atoms with Crippen LogP contribution < -0.4 is 5.32 Å². The summed E-state index contributed by atoms with van der Waals surface area (Å²) in [6.07, 6.45) is 0. The molecule has 1 aromatic heterocycles. The van der Waals surface area contributed by atoms with E-state index < -0.39 is 11.9 Å². The molecule has 0 spiro atoms. The quantitative estimate of drug-likeness (QED) is 0.869. The van der Waals surface area contributed by atoms with E-state index in [0.29, 0.717) is 23.8 Å². The summed E-state index contributed by atoms with van der Waals surface area (Å²) in [6, 6.07) is 7.78. The number of aryl methyl sites for hydroxylation is 1. The molecule has 25 heavy (non-hydrogen) atoms. The predicted molar refractivity (Wildman–Crippen MR) is 94.4 cm³/mol. The van der Waals surface area contributed by atoms with Crippen molar-refractivity contribution in [3.8, 4) is 0 Å². The van der Waals surface area contributed by atoms with Crippen LogP contribution in [0.4, 0.5) is 10.7 Å². The molecule has 2 aromatic rings. The highest BCUT2D eigenvalue weighted by molar-refractivity contribution is 7.14. The van der Waals surface area contributed by atoms with Crippen molar-refractivity contribution in [3.63, 3.8) is 0 Å². The number of hydrogen-bond acceptors (Lipinski definition) is 6. The highest BCUT2D eigenvalue weighted by Crippen LogP contribution is 2.28. The van der Waals surface area contributed by atoms with Crippen molar-refractivity contribution in [2.24, 2.45) is 5.92 Å². The van der Waals surface area contributed by atoms with E-state index in [9.17, 15) is 14.7 Å². The Labute approximate surface area is 149 Å². The third kappa shape index (κ3) is 3.97. The van der Waals surface area contributed by atoms with Crippen molar-refractivity contribution in [2.75, 3.05) is 31.6 Å². The van der Waals surface area contributed by atoms with Crippen LogP contribution in [0.5, 0.6) is 0 Å². The summed E-state index contributed by atoms with van der Waals surface area (Å²) in [5, 5.41) is 13.1. The van der Waals surface area contributed by atoms with Gasteiger partial charge < -0.3 is 20.1 Å². The molecule has 2 heterocycles. The molecule has 0 radical (unpaired) electrons. The zero-order valence-corrected chi connectivity index (χ0v) is 14.6. The molecule has 0 bridgehead atoms. The van der Waals surface area contributed by atoms with Crippen LogP contribution in [0, 0.1) is 12.8 Å². The van der Waals surface area contributed by atoms with Crippen LogP contribution in [0.3, 0.4) is 0 Å². The lowest BCUT2D eigenvalue weighted by molar-refractivity contribution is -0.143. The Morgan fingerprint density at radius 1 is 1.40 bits per heavy atom. The number of carbonyl (C=O) groups is 2. The number of nitrogens with one attached hydrogen (secondary N) is 1. The van der Waals surface area contributed by atoms with Crippen LogP contribution in [0.25, 0.3) is 0 Å². The number of amides is 1. The number of aliphatic carboxylic acids is 1. The first-order valence-corrected chi connectivity index (χ1v) is 8.80. The molecule has 3 rings (SSSR count). The van der Waals surface area contributed by atoms with E-state index in [4.69, 9.17) is 4.74 Å². The van der Waals surface area contributed by atoms with Gasteiger partial charge in [-0.1, -0.05) is 18.2 Å². The Bertz CT molecular complexity index is 777. The van der Waals surface area contributed by atoms with Gasteiger partial charge in [0.1, 0.15) is 5.00 Å². The number of anilines is 2. The van der Waals surface area contributed by atoms with Gasteiger partial charge in [-0.25, -0.2) is 4.98 Å². The second kappa shape index (κ2) is 7.62. The third-order valence-electron chi connectivity index (χ3n) is 4.07. The minimum Gasteiger partial charge on any atom is -0.481 e. The van der Waals surface area contributed by atoms with E-state index >= 15 is 0 Å². The number of benzene rings is 1. The van der Waals surface area contributed by atoms with Crippen molar-refractivity contribution in [3.05, 3.63) is 41.0 Å². The maximum Gasteiger partial charge on any atom is 0.310 e. The molecule has 1 aromatic carbocycles. The number of carboxylic acids is 1. The monoisotopic (exact) mass is 361 g/mol. The Balaban J connectivity index is 1.80. The van der Waals surface area contributed by atoms with Gasteiger partial charge in [0.2, 0.25) is 0 Å². The van der Waals surface area contributed by atoms with E-state index in [1.807, 2.05) is 31.2 Å². The fourth-order valence-electron chi connectivity index (χ4n) is 2.62. The second-order valence-corrected chi connectivity index (χ2v) is 6.69. The largest absolute Gasteiger partial charge is 0.481 e. The Hall–Kier alpha value is -2.45. The highest BCUT2D eigenvalue weighted by atomic mass is 32.1. The molecule has 2 N–H and O–H groups in total. The van der Waals surface area contributed by atoms with Gasteiger partial charge in [0, 0.05) is 18.8 Å². The zero-order valence-electron chi connectivity index (χ0n) is 13.8. The van der Waals surface area contributed by atoms with E-state index in [0.717, 1.165) is 11.3 Å². The maximum absolute atomic E-state index is 12.9. The average molecular weight is 361 g/mol. The molecular weight excluding hydrogens is 342 g/mol. The Morgan fingerprint density at radius 2 is 2.20 bits per heavy atom. The van der Waals surface area contributed by atoms with Crippen LogP contribution in [-0.4, -0.2) is 53.2 Å². The van der Waals surface area contributed by atoms with Crippen molar-refractivity contribution < 1.29 is 19.4 Å². The van der Waals surface area contributed by atoms with Gasteiger partial charge >= 0.3 is 5.97 Å². The molecule has 1 saturated heterocycles. The van der Waals surface area contributed by atoms with E-state index in [1.165, 1.54) is 16.2 Å². The molecule has 1 aliphatic heterocycles. The number of aromatic nitrogens is 1. The molecule has 0 aliphatic carbocycles. The van der Waals surface area contributed by atoms with E-state index in [-0.39, 0.29) is 19.1 Å². The normalized spacial score (nSPS) is 17.8. The van der Waals surface area contributed by atoms with Crippen LogP contribution in [-0.2, 0) is 9.53 Å². The highest BCUT2D eigenvalue weighted by Gasteiger charge is 2.29. The lowest BCUT2D eigenvalue weighted by Gasteiger charge is -2.21. The van der Waals surface area contributed by atoms with E-state index in [2.05, 4.69) is 10.3 Å². The minimum atomic E-state index is -0.962. The van der Waals surface area contributed by atoms with Gasteiger partial charge in [-0.3, -0.25) is 9.59 Å². The van der Waals surface area contributed by atoms with Gasteiger partial charge in [-0.05, 0) is 18.6 Å². The summed E-state index contributed by atoms with van der Waals surface area (Å²) in [5.41, 5.74) is 3.88. The zero-order chi connectivity index (χ0) is 17.8. The number of carbonyl (C=O) groups excluding carboxylic acids is 1. The standard InChI is InChI=1S/C17H19N3O4S/c1-11-4-2-3-5-13(11)19-15-14(18-10-25-15)16(21)20-6-7-24-9-12(8-20)17(22)23/h2-5,10,12,19H,6-9H2,1H3,(H,22,23). The molecule has 1 aliphatic rings. The second-order valence-electron chi connectivity index (χ2n) is 5.83. The van der Waals surface area contributed by atoms with Crippen molar-refractivity contribution >= 4 is 33.9 Å². The molecule has 1 fully saturated rings. The van der Waals surface area contributed by atoms with Gasteiger partial charge in [-0.15, -0.1) is 11.3 Å². The number of hydrogen-bond donors (Lipinski definition) is 2. The molecule has 0 saturated carbocycles. The first kappa shape index (κ1) is 17.4. The number of nitrogens with zero attached hydrogens (tertiary/aromatic N) is 2. The van der Waals surface area contributed by atoms with Crippen molar-refractivity contribution in [1.29, 1.82) is 0 Å². The number of para-hydroxylation sites is 1. The summed E-state index contributed by atoms with van der Waals surface area (Å²) in [7, 11) is 0. The van der Waals surface area contributed by atoms with Gasteiger partial charge in [0.25, 0.3) is 5.91 Å². The average Bonchev–Trinajstić information content (AvgIpc) is 2.90. The first-order chi connectivity index (χ1) is 12.1. The topological polar surface area (TPSA) is 91.8 Å². The summed E-state index contributed by atoms with van der Waals surface area (Å²) in [5.74, 6) is -1.97.